The van der Waals surface area contributed by atoms with Crippen LogP contribution < -0.4 is 0 Å². The Hall–Kier alpha value is -3.15. The molecule has 0 amide bonds. The second kappa shape index (κ2) is 71.3. The van der Waals surface area contributed by atoms with Crippen molar-refractivity contribution in [3.8, 4) is 0 Å². The highest BCUT2D eigenvalue weighted by Crippen LogP contribution is 2.17. The van der Waals surface area contributed by atoms with Crippen LogP contribution >= 0.6 is 0 Å². The summed E-state index contributed by atoms with van der Waals surface area (Å²) in [5.74, 6) is -0.876. The number of unbranched alkanes of at least 4 members (excludes halogenated alkanes) is 44. The van der Waals surface area contributed by atoms with Gasteiger partial charge in [0, 0.05) is 19.3 Å². The van der Waals surface area contributed by atoms with Gasteiger partial charge >= 0.3 is 17.9 Å². The molecule has 0 aromatic carbocycles. The first-order valence-electron chi connectivity index (χ1n) is 36.4. The Balaban J connectivity index is 4.25. The van der Waals surface area contributed by atoms with Gasteiger partial charge < -0.3 is 14.2 Å². The highest BCUT2D eigenvalue weighted by Gasteiger charge is 2.19. The van der Waals surface area contributed by atoms with E-state index in [-0.39, 0.29) is 31.1 Å². The molecule has 6 nitrogen and oxygen atoms in total. The Morgan fingerprint density at radius 3 is 0.699 bits per heavy atom. The lowest BCUT2D eigenvalue weighted by atomic mass is 10.0. The van der Waals surface area contributed by atoms with Crippen LogP contribution in [0.4, 0.5) is 0 Å². The largest absolute Gasteiger partial charge is 0.462 e. The summed E-state index contributed by atoms with van der Waals surface area (Å²) in [5.41, 5.74) is 0. The summed E-state index contributed by atoms with van der Waals surface area (Å²) in [4.78, 5) is 38.5. The highest BCUT2D eigenvalue weighted by atomic mass is 16.6. The molecule has 0 N–H and O–H groups in total. The van der Waals surface area contributed by atoms with Gasteiger partial charge in [0.2, 0.25) is 0 Å². The molecule has 0 aliphatic heterocycles. The monoisotopic (exact) mass is 1160 g/mol. The molecular formula is C77H138O6. The summed E-state index contributed by atoms with van der Waals surface area (Å²) in [7, 11) is 0. The minimum atomic E-state index is -0.784. The molecule has 0 spiro atoms. The second-order valence-electron chi connectivity index (χ2n) is 24.5. The van der Waals surface area contributed by atoms with Crippen molar-refractivity contribution in [1.82, 2.24) is 0 Å². The van der Waals surface area contributed by atoms with Crippen molar-refractivity contribution >= 4 is 17.9 Å². The van der Waals surface area contributed by atoms with E-state index in [4.69, 9.17) is 14.2 Å². The number of carbonyl (C=O) groups excluding carboxylic acids is 3. The number of allylic oxidation sites excluding steroid dienone is 12. The summed E-state index contributed by atoms with van der Waals surface area (Å²) in [6, 6.07) is 0. The van der Waals surface area contributed by atoms with Crippen LogP contribution in [0.15, 0.2) is 72.9 Å². The van der Waals surface area contributed by atoms with Gasteiger partial charge in [-0.3, -0.25) is 14.4 Å². The second-order valence-corrected chi connectivity index (χ2v) is 24.5. The maximum absolute atomic E-state index is 13.0. The van der Waals surface area contributed by atoms with Crippen LogP contribution in [0.5, 0.6) is 0 Å². The fraction of sp³-hybridized carbons (Fsp3) is 0.805. The molecule has 0 radical (unpaired) electrons. The number of rotatable bonds is 67. The van der Waals surface area contributed by atoms with Crippen molar-refractivity contribution in [3.05, 3.63) is 72.9 Å². The fourth-order valence-electron chi connectivity index (χ4n) is 10.7. The zero-order valence-corrected chi connectivity index (χ0v) is 55.5. The van der Waals surface area contributed by atoms with Crippen molar-refractivity contribution in [2.24, 2.45) is 0 Å². The van der Waals surface area contributed by atoms with E-state index < -0.39 is 6.10 Å². The molecule has 6 heteroatoms. The highest BCUT2D eigenvalue weighted by molar-refractivity contribution is 5.71. The maximum atomic E-state index is 13.0. The Morgan fingerprint density at radius 1 is 0.241 bits per heavy atom. The van der Waals surface area contributed by atoms with Gasteiger partial charge in [-0.05, 0) is 116 Å². The molecule has 0 saturated heterocycles. The summed E-state index contributed by atoms with van der Waals surface area (Å²) in [6.45, 7) is 6.65. The number of hydrogen-bond acceptors (Lipinski definition) is 6. The molecule has 83 heavy (non-hydrogen) atoms. The standard InChI is InChI=1S/C77H138O6/c1-4-7-10-13-16-19-22-25-28-31-33-34-35-36-37-38-39-40-41-42-43-44-45-47-49-52-55-58-61-64-67-70-76(79)82-73-74(72-81-75(78)69-66-63-60-57-54-51-48-30-27-24-21-18-15-12-9-6-3)83-77(80)71-68-65-62-59-56-53-50-46-32-29-26-23-20-17-14-11-8-5-2/h21-22,24-25,29-33,35-36,48,74H,4-20,23,26-28,34,37-47,49-73H2,1-3H3/b24-21-,25-22-,32-29-,33-31-,36-35-,48-30-. The molecule has 0 bridgehead atoms. The Labute approximate surface area is 516 Å². The molecule has 0 aromatic heterocycles. The van der Waals surface area contributed by atoms with Crippen molar-refractivity contribution in [2.45, 2.75) is 386 Å². The SMILES string of the molecule is CCCCCC/C=C\C/C=C\CCCCCCCC(=O)OCC(COC(=O)CCCCCCCCCCCCCCCCCC/C=C\C/C=C\C/C=C\CCCCCCC)OC(=O)CCCCCCCCC/C=C\CCCCCCCCC. The fourth-order valence-corrected chi connectivity index (χ4v) is 10.7. The third kappa shape index (κ3) is 69.5. The van der Waals surface area contributed by atoms with Crippen LogP contribution in [-0.2, 0) is 28.6 Å². The minimum absolute atomic E-state index is 0.0786. The lowest BCUT2D eigenvalue weighted by molar-refractivity contribution is -0.167. The van der Waals surface area contributed by atoms with Gasteiger partial charge in [-0.2, -0.15) is 0 Å². The smallest absolute Gasteiger partial charge is 0.306 e. The summed E-state index contributed by atoms with van der Waals surface area (Å²) >= 11 is 0. The van der Waals surface area contributed by atoms with Gasteiger partial charge in [0.25, 0.3) is 0 Å². The lowest BCUT2D eigenvalue weighted by Crippen LogP contribution is -2.30. The van der Waals surface area contributed by atoms with Gasteiger partial charge in [-0.15, -0.1) is 0 Å². The molecule has 482 valence electrons. The zero-order chi connectivity index (χ0) is 59.9. The topological polar surface area (TPSA) is 78.9 Å². The van der Waals surface area contributed by atoms with Gasteiger partial charge in [0.05, 0.1) is 0 Å². The molecule has 0 aliphatic carbocycles. The molecule has 1 unspecified atom stereocenters. The van der Waals surface area contributed by atoms with E-state index in [1.165, 1.54) is 250 Å². The van der Waals surface area contributed by atoms with E-state index in [1.807, 2.05) is 0 Å². The molecule has 0 aliphatic rings. The summed E-state index contributed by atoms with van der Waals surface area (Å²) in [6.07, 6.45) is 93.6. The predicted molar refractivity (Wildman–Crippen MR) is 362 cm³/mol. The van der Waals surface area contributed by atoms with Crippen LogP contribution in [0.25, 0.3) is 0 Å². The van der Waals surface area contributed by atoms with E-state index in [0.717, 1.165) is 89.9 Å². The average Bonchev–Trinajstić information content (AvgIpc) is 3.49. The average molecular weight is 1160 g/mol. The van der Waals surface area contributed by atoms with Crippen molar-refractivity contribution in [3.63, 3.8) is 0 Å². The van der Waals surface area contributed by atoms with Gasteiger partial charge in [-0.25, -0.2) is 0 Å². The van der Waals surface area contributed by atoms with Crippen molar-refractivity contribution < 1.29 is 28.6 Å². The number of carbonyl (C=O) groups is 3. The zero-order valence-electron chi connectivity index (χ0n) is 55.5. The molecule has 0 heterocycles. The Morgan fingerprint density at radius 2 is 0.434 bits per heavy atom. The van der Waals surface area contributed by atoms with Crippen LogP contribution in [0, 0.1) is 0 Å². The number of hydrogen-bond donors (Lipinski definition) is 0. The predicted octanol–water partition coefficient (Wildman–Crippen LogP) is 25.2. The maximum Gasteiger partial charge on any atom is 0.306 e. The van der Waals surface area contributed by atoms with Crippen molar-refractivity contribution in [2.75, 3.05) is 13.2 Å². The van der Waals surface area contributed by atoms with Crippen LogP contribution in [0.2, 0.25) is 0 Å². The van der Waals surface area contributed by atoms with Gasteiger partial charge in [0.1, 0.15) is 13.2 Å². The molecular weight excluding hydrogens is 1020 g/mol. The molecule has 0 fully saturated rings. The lowest BCUT2D eigenvalue weighted by Gasteiger charge is -2.18. The molecule has 0 saturated carbocycles. The Bertz CT molecular complexity index is 1520. The number of ether oxygens (including phenoxy) is 3. The molecule has 0 aromatic rings. The van der Waals surface area contributed by atoms with Crippen LogP contribution in [0.3, 0.4) is 0 Å². The normalized spacial score (nSPS) is 12.5. The van der Waals surface area contributed by atoms with Crippen LogP contribution in [-0.4, -0.2) is 37.2 Å². The molecule has 0 rings (SSSR count). The van der Waals surface area contributed by atoms with E-state index in [0.29, 0.717) is 19.3 Å². The number of esters is 3. The van der Waals surface area contributed by atoms with E-state index >= 15 is 0 Å². The third-order valence-corrected chi connectivity index (χ3v) is 16.2. The van der Waals surface area contributed by atoms with Crippen molar-refractivity contribution in [1.29, 1.82) is 0 Å². The van der Waals surface area contributed by atoms with E-state index in [2.05, 4.69) is 93.7 Å². The van der Waals surface area contributed by atoms with Gasteiger partial charge in [-0.1, -0.05) is 318 Å². The summed E-state index contributed by atoms with van der Waals surface area (Å²) < 4.78 is 17.0. The summed E-state index contributed by atoms with van der Waals surface area (Å²) in [5, 5.41) is 0. The first kappa shape index (κ1) is 79.8. The minimum Gasteiger partial charge on any atom is -0.462 e. The van der Waals surface area contributed by atoms with Gasteiger partial charge in [0.15, 0.2) is 6.10 Å². The van der Waals surface area contributed by atoms with E-state index in [9.17, 15) is 14.4 Å². The van der Waals surface area contributed by atoms with Crippen LogP contribution in [0.1, 0.15) is 380 Å². The first-order valence-corrected chi connectivity index (χ1v) is 36.4. The quantitative estimate of drug-likeness (QED) is 0.0261. The third-order valence-electron chi connectivity index (χ3n) is 16.2. The first-order chi connectivity index (χ1) is 41.0. The van der Waals surface area contributed by atoms with E-state index in [1.54, 1.807) is 0 Å². The molecule has 1 atom stereocenters. The Kier molecular flexibility index (Phi) is 68.6.